The quantitative estimate of drug-likeness (QED) is 0.888. The lowest BCUT2D eigenvalue weighted by Gasteiger charge is -2.18. The summed E-state index contributed by atoms with van der Waals surface area (Å²) in [5.74, 6) is 0.985. The minimum Gasteiger partial charge on any atom is -0.380 e. The molecule has 1 aliphatic rings. The van der Waals surface area contributed by atoms with Crippen LogP contribution in [0.5, 0.6) is 0 Å². The van der Waals surface area contributed by atoms with Crippen LogP contribution in [-0.4, -0.2) is 38.3 Å². The Balaban J connectivity index is 2.13. The van der Waals surface area contributed by atoms with Crippen LogP contribution < -0.4 is 10.2 Å². The first kappa shape index (κ1) is 12.6. The molecule has 17 heavy (non-hydrogen) atoms. The summed E-state index contributed by atoms with van der Waals surface area (Å²) in [5, 5.41) is 3.82. The van der Waals surface area contributed by atoms with E-state index >= 15 is 0 Å². The molecule has 2 rings (SSSR count). The first-order chi connectivity index (χ1) is 8.24. The zero-order valence-corrected chi connectivity index (χ0v) is 11.0. The third-order valence-electron chi connectivity index (χ3n) is 3.09. The van der Waals surface area contributed by atoms with Crippen molar-refractivity contribution >= 4 is 17.4 Å². The van der Waals surface area contributed by atoms with Crippen LogP contribution in [0.4, 0.5) is 5.82 Å². The molecule has 0 bridgehead atoms. The van der Waals surface area contributed by atoms with Gasteiger partial charge in [-0.3, -0.25) is 0 Å². The molecule has 4 nitrogen and oxygen atoms in total. The van der Waals surface area contributed by atoms with Crippen molar-refractivity contribution in [3.8, 4) is 0 Å². The van der Waals surface area contributed by atoms with E-state index in [0.717, 1.165) is 37.4 Å². The van der Waals surface area contributed by atoms with Crippen molar-refractivity contribution in [2.75, 3.05) is 32.1 Å². The number of nitrogens with zero attached hydrogens (tertiary/aromatic N) is 2. The van der Waals surface area contributed by atoms with Gasteiger partial charge in [-0.25, -0.2) is 4.98 Å². The number of pyridine rings is 1. The van der Waals surface area contributed by atoms with Gasteiger partial charge in [0.1, 0.15) is 5.82 Å². The normalized spacial score (nSPS) is 19.9. The number of methoxy groups -OCH3 is 1. The molecule has 1 aromatic heterocycles. The molecule has 0 aliphatic carbocycles. The van der Waals surface area contributed by atoms with E-state index in [1.807, 2.05) is 7.05 Å². The van der Waals surface area contributed by atoms with E-state index in [2.05, 4.69) is 21.3 Å². The maximum Gasteiger partial charge on any atom is 0.128 e. The summed E-state index contributed by atoms with van der Waals surface area (Å²) in [6.07, 6.45) is 3.10. The van der Waals surface area contributed by atoms with Gasteiger partial charge in [-0.2, -0.15) is 0 Å². The van der Waals surface area contributed by atoms with E-state index in [-0.39, 0.29) is 0 Å². The van der Waals surface area contributed by atoms with Crippen LogP contribution in [0.25, 0.3) is 0 Å². The van der Waals surface area contributed by atoms with E-state index in [1.165, 1.54) is 0 Å². The fourth-order valence-corrected chi connectivity index (χ4v) is 2.27. The summed E-state index contributed by atoms with van der Waals surface area (Å²) in [5.41, 5.74) is 1.08. The number of halogens is 1. The molecule has 1 unspecified atom stereocenters. The second kappa shape index (κ2) is 5.67. The molecular formula is C12H18ClN3O. The molecule has 1 atom stereocenters. The second-order valence-electron chi connectivity index (χ2n) is 4.26. The van der Waals surface area contributed by atoms with E-state index in [0.29, 0.717) is 11.1 Å². The summed E-state index contributed by atoms with van der Waals surface area (Å²) >= 11 is 6.09. The first-order valence-electron chi connectivity index (χ1n) is 5.81. The summed E-state index contributed by atoms with van der Waals surface area (Å²) in [7, 11) is 3.67. The van der Waals surface area contributed by atoms with Gasteiger partial charge in [0, 0.05) is 32.9 Å². The van der Waals surface area contributed by atoms with Crippen molar-refractivity contribution in [2.24, 2.45) is 0 Å². The third-order valence-corrected chi connectivity index (χ3v) is 3.43. The van der Waals surface area contributed by atoms with Gasteiger partial charge < -0.3 is 15.0 Å². The van der Waals surface area contributed by atoms with Gasteiger partial charge in [0.05, 0.1) is 11.1 Å². The third kappa shape index (κ3) is 2.89. The van der Waals surface area contributed by atoms with Gasteiger partial charge in [0.25, 0.3) is 0 Å². The number of ether oxygens (including phenoxy) is 1. The molecule has 0 aromatic carbocycles. The van der Waals surface area contributed by atoms with Gasteiger partial charge in [-0.15, -0.1) is 0 Å². The Labute approximate surface area is 107 Å². The Kier molecular flexibility index (Phi) is 4.20. The van der Waals surface area contributed by atoms with Gasteiger partial charge in [-0.1, -0.05) is 11.6 Å². The largest absolute Gasteiger partial charge is 0.380 e. The monoisotopic (exact) mass is 255 g/mol. The SMILES string of the molecule is CNCc1cc(N2CCC(OC)C2)ncc1Cl. The Morgan fingerprint density at radius 3 is 3.12 bits per heavy atom. The molecule has 0 saturated carbocycles. The lowest BCUT2D eigenvalue weighted by Crippen LogP contribution is -2.23. The molecule has 2 heterocycles. The van der Waals surface area contributed by atoms with Crippen molar-refractivity contribution < 1.29 is 4.74 Å². The summed E-state index contributed by atoms with van der Waals surface area (Å²) < 4.78 is 5.36. The zero-order chi connectivity index (χ0) is 12.3. The van der Waals surface area contributed by atoms with Crippen LogP contribution in [0, 0.1) is 0 Å². The molecule has 5 heteroatoms. The Morgan fingerprint density at radius 1 is 1.65 bits per heavy atom. The van der Waals surface area contributed by atoms with Crippen molar-refractivity contribution in [1.82, 2.24) is 10.3 Å². The number of nitrogens with one attached hydrogen (secondary N) is 1. The van der Waals surface area contributed by atoms with Crippen molar-refractivity contribution in [1.29, 1.82) is 0 Å². The lowest BCUT2D eigenvalue weighted by atomic mass is 10.2. The fraction of sp³-hybridized carbons (Fsp3) is 0.583. The van der Waals surface area contributed by atoms with Crippen molar-refractivity contribution in [3.63, 3.8) is 0 Å². The molecule has 1 fully saturated rings. The molecule has 0 amide bonds. The smallest absolute Gasteiger partial charge is 0.128 e. The maximum atomic E-state index is 6.09. The molecule has 1 aromatic rings. The highest BCUT2D eigenvalue weighted by molar-refractivity contribution is 6.31. The number of hydrogen-bond acceptors (Lipinski definition) is 4. The van der Waals surface area contributed by atoms with E-state index in [4.69, 9.17) is 16.3 Å². The molecule has 1 saturated heterocycles. The minimum atomic E-state index is 0.320. The van der Waals surface area contributed by atoms with Gasteiger partial charge in [0.2, 0.25) is 0 Å². The van der Waals surface area contributed by atoms with E-state index < -0.39 is 0 Å². The number of rotatable bonds is 4. The highest BCUT2D eigenvalue weighted by atomic mass is 35.5. The molecule has 0 spiro atoms. The molecule has 1 aliphatic heterocycles. The summed E-state index contributed by atoms with van der Waals surface area (Å²) in [6, 6.07) is 2.05. The topological polar surface area (TPSA) is 37.4 Å². The fourth-order valence-electron chi connectivity index (χ4n) is 2.10. The average molecular weight is 256 g/mol. The highest BCUT2D eigenvalue weighted by Crippen LogP contribution is 2.24. The highest BCUT2D eigenvalue weighted by Gasteiger charge is 2.23. The molecule has 0 radical (unpaired) electrons. The minimum absolute atomic E-state index is 0.320. The van der Waals surface area contributed by atoms with Crippen LogP contribution in [0.2, 0.25) is 5.02 Å². The number of anilines is 1. The Hall–Kier alpha value is -0.840. The van der Waals surface area contributed by atoms with Crippen LogP contribution in [0.15, 0.2) is 12.3 Å². The lowest BCUT2D eigenvalue weighted by molar-refractivity contribution is 0.121. The van der Waals surface area contributed by atoms with E-state index in [1.54, 1.807) is 13.3 Å². The standard InChI is InChI=1S/C12H18ClN3O/c1-14-6-9-5-12(15-7-11(9)13)16-4-3-10(8-16)17-2/h5,7,10,14H,3-4,6,8H2,1-2H3. The predicted octanol–water partition coefficient (Wildman–Crippen LogP) is 1.68. The average Bonchev–Trinajstić information content (AvgIpc) is 2.81. The summed E-state index contributed by atoms with van der Waals surface area (Å²) in [4.78, 5) is 6.62. The first-order valence-corrected chi connectivity index (χ1v) is 6.19. The van der Waals surface area contributed by atoms with Crippen LogP contribution >= 0.6 is 11.6 Å². The van der Waals surface area contributed by atoms with Crippen molar-refractivity contribution in [3.05, 3.63) is 22.8 Å². The number of hydrogen-bond donors (Lipinski definition) is 1. The summed E-state index contributed by atoms with van der Waals surface area (Å²) in [6.45, 7) is 2.66. The molecule has 1 N–H and O–H groups in total. The molecule has 94 valence electrons. The van der Waals surface area contributed by atoms with Crippen molar-refractivity contribution in [2.45, 2.75) is 19.1 Å². The van der Waals surface area contributed by atoms with Gasteiger partial charge in [-0.05, 0) is 25.1 Å². The second-order valence-corrected chi connectivity index (χ2v) is 4.66. The number of aromatic nitrogens is 1. The Bertz CT molecular complexity index is 386. The molecular weight excluding hydrogens is 238 g/mol. The van der Waals surface area contributed by atoms with Crippen LogP contribution in [-0.2, 0) is 11.3 Å². The van der Waals surface area contributed by atoms with Gasteiger partial charge in [0.15, 0.2) is 0 Å². The Morgan fingerprint density at radius 2 is 2.47 bits per heavy atom. The van der Waals surface area contributed by atoms with Crippen LogP contribution in [0.1, 0.15) is 12.0 Å². The van der Waals surface area contributed by atoms with E-state index in [9.17, 15) is 0 Å². The maximum absolute atomic E-state index is 6.09. The zero-order valence-electron chi connectivity index (χ0n) is 10.2. The van der Waals surface area contributed by atoms with Crippen LogP contribution in [0.3, 0.4) is 0 Å². The van der Waals surface area contributed by atoms with Gasteiger partial charge >= 0.3 is 0 Å². The predicted molar refractivity (Wildman–Crippen MR) is 69.6 cm³/mol.